The van der Waals surface area contributed by atoms with Gasteiger partial charge in [-0.3, -0.25) is 19.3 Å². The van der Waals surface area contributed by atoms with Crippen LogP contribution in [0.1, 0.15) is 46.5 Å². The van der Waals surface area contributed by atoms with Gasteiger partial charge in [-0.25, -0.2) is 0 Å². The molecule has 7 heteroatoms. The van der Waals surface area contributed by atoms with E-state index in [4.69, 9.17) is 4.74 Å². The highest BCUT2D eigenvalue weighted by atomic mass is 79.9. The third-order valence-electron chi connectivity index (χ3n) is 7.61. The molecule has 156 valence electrons. The second-order valence-corrected chi connectivity index (χ2v) is 11.7. The van der Waals surface area contributed by atoms with Crippen molar-refractivity contribution in [3.63, 3.8) is 0 Å². The fourth-order valence-electron chi connectivity index (χ4n) is 6.15. The summed E-state index contributed by atoms with van der Waals surface area (Å²) in [4.78, 5) is 40.2. The van der Waals surface area contributed by atoms with Crippen LogP contribution in [-0.4, -0.2) is 45.0 Å². The molecule has 0 unspecified atom stereocenters. The van der Waals surface area contributed by atoms with E-state index < -0.39 is 5.97 Å². The number of carbonyl (C=O) groups excluding carboxylic acids is 3. The maximum absolute atomic E-state index is 13.0. The largest absolute Gasteiger partial charge is 0.461 e. The Balaban J connectivity index is 1.43. The van der Waals surface area contributed by atoms with E-state index in [1.807, 2.05) is 0 Å². The van der Waals surface area contributed by atoms with Crippen LogP contribution in [0.2, 0.25) is 0 Å². The maximum Gasteiger partial charge on any atom is 0.326 e. The maximum atomic E-state index is 13.0. The van der Waals surface area contributed by atoms with Crippen molar-refractivity contribution >= 4 is 49.6 Å². The molecule has 0 aromatic carbocycles. The Morgan fingerprint density at radius 1 is 1.07 bits per heavy atom. The van der Waals surface area contributed by atoms with Crippen LogP contribution < -0.4 is 0 Å². The average Bonchev–Trinajstić information content (AvgIpc) is 3.22. The number of imide groups is 1. The lowest BCUT2D eigenvalue weighted by molar-refractivity contribution is -0.162. The zero-order valence-electron chi connectivity index (χ0n) is 16.6. The molecular formula is C21H29Br2NO4. The standard InChI is InChI=1S/C21H29Br2NO4/c1-9(2)11-5-4-10(3)6-14(11)28-15(25)8-24-20(26)16-12-7-13(17(16)21(24)27)19(23)18(12)22/h9-14,16-19H,4-8H2,1-3H3/t10-,11-,12-,13-,14-,16-,17+,18+,19+/m1/s1. The molecular weight excluding hydrogens is 490 g/mol. The Kier molecular flexibility index (Phi) is 5.71. The Morgan fingerprint density at radius 2 is 1.64 bits per heavy atom. The minimum absolute atomic E-state index is 0.112. The van der Waals surface area contributed by atoms with Gasteiger partial charge in [0.05, 0.1) is 11.8 Å². The molecule has 9 atom stereocenters. The zero-order valence-corrected chi connectivity index (χ0v) is 19.8. The third kappa shape index (κ3) is 3.28. The third-order valence-corrected chi connectivity index (χ3v) is 10.8. The monoisotopic (exact) mass is 517 g/mol. The summed E-state index contributed by atoms with van der Waals surface area (Å²) in [6.45, 7) is 6.29. The number of hydrogen-bond donors (Lipinski definition) is 0. The van der Waals surface area contributed by atoms with Gasteiger partial charge in [0.25, 0.3) is 0 Å². The van der Waals surface area contributed by atoms with Crippen LogP contribution in [0.4, 0.5) is 0 Å². The number of carbonyl (C=O) groups is 3. The molecule has 5 nitrogen and oxygen atoms in total. The van der Waals surface area contributed by atoms with Crippen LogP contribution in [0.25, 0.3) is 0 Å². The van der Waals surface area contributed by atoms with Gasteiger partial charge in [0.15, 0.2) is 0 Å². The van der Waals surface area contributed by atoms with Crippen molar-refractivity contribution in [2.45, 2.75) is 62.2 Å². The van der Waals surface area contributed by atoms with Crippen molar-refractivity contribution in [2.24, 2.45) is 41.4 Å². The van der Waals surface area contributed by atoms with Crippen LogP contribution in [0, 0.1) is 41.4 Å². The molecule has 1 saturated heterocycles. The number of amides is 2. The summed E-state index contributed by atoms with van der Waals surface area (Å²) in [6, 6.07) is 0. The first-order valence-corrected chi connectivity index (χ1v) is 12.4. The summed E-state index contributed by atoms with van der Waals surface area (Å²) < 4.78 is 5.82. The molecule has 1 heterocycles. The number of halogens is 2. The molecule has 4 fully saturated rings. The highest BCUT2D eigenvalue weighted by Crippen LogP contribution is 2.60. The molecule has 0 aromatic heterocycles. The normalized spacial score (nSPS) is 45.1. The number of hydrogen-bond acceptors (Lipinski definition) is 4. The van der Waals surface area contributed by atoms with E-state index in [2.05, 4.69) is 52.6 Å². The van der Waals surface area contributed by atoms with Crippen LogP contribution in [0.15, 0.2) is 0 Å². The van der Waals surface area contributed by atoms with Crippen molar-refractivity contribution in [1.82, 2.24) is 4.90 Å². The van der Waals surface area contributed by atoms with Gasteiger partial charge in [-0.15, -0.1) is 0 Å². The SMILES string of the molecule is CC(C)[C@H]1CC[C@@H](C)C[C@H]1OC(=O)CN1C(=O)[C@@H]2[C@H]3C[C@@H]([C@H](Br)[C@H]3Br)[C@@H]2C1=O. The zero-order chi connectivity index (χ0) is 20.3. The fraction of sp³-hybridized carbons (Fsp3) is 0.857. The number of esters is 1. The van der Waals surface area contributed by atoms with Gasteiger partial charge in [0.1, 0.15) is 12.6 Å². The van der Waals surface area contributed by atoms with Gasteiger partial charge >= 0.3 is 5.97 Å². The van der Waals surface area contributed by atoms with E-state index in [0.717, 1.165) is 25.7 Å². The summed E-state index contributed by atoms with van der Waals surface area (Å²) in [5.41, 5.74) is 0. The fourth-order valence-corrected chi connectivity index (χ4v) is 8.03. The molecule has 3 aliphatic carbocycles. The Labute approximate surface area is 183 Å². The Bertz CT molecular complexity index is 651. The van der Waals surface area contributed by atoms with E-state index >= 15 is 0 Å². The number of fused-ring (bicyclic) bond motifs is 5. The van der Waals surface area contributed by atoms with Crippen molar-refractivity contribution in [2.75, 3.05) is 6.54 Å². The lowest BCUT2D eigenvalue weighted by Gasteiger charge is -2.36. The smallest absolute Gasteiger partial charge is 0.326 e. The number of ether oxygens (including phenoxy) is 1. The second-order valence-electron chi connectivity index (χ2n) is 9.62. The second kappa shape index (κ2) is 7.68. The first-order valence-electron chi connectivity index (χ1n) is 10.5. The summed E-state index contributed by atoms with van der Waals surface area (Å²) in [5, 5.41) is 0. The van der Waals surface area contributed by atoms with Gasteiger partial charge in [0.2, 0.25) is 11.8 Å². The summed E-state index contributed by atoms with van der Waals surface area (Å²) in [6.07, 6.45) is 3.87. The number of nitrogens with zero attached hydrogens (tertiary/aromatic N) is 1. The minimum Gasteiger partial charge on any atom is -0.461 e. The Hall–Kier alpha value is -0.430. The molecule has 4 aliphatic rings. The van der Waals surface area contributed by atoms with Gasteiger partial charge in [-0.05, 0) is 48.9 Å². The first-order chi connectivity index (χ1) is 13.2. The molecule has 1 aliphatic heterocycles. The average molecular weight is 519 g/mol. The summed E-state index contributed by atoms with van der Waals surface area (Å²) >= 11 is 7.37. The lowest BCUT2D eigenvalue weighted by atomic mass is 9.75. The van der Waals surface area contributed by atoms with Crippen molar-refractivity contribution in [1.29, 1.82) is 0 Å². The highest BCUT2D eigenvalue weighted by molar-refractivity contribution is 9.12. The first kappa shape index (κ1) is 20.8. The number of likely N-dealkylation sites (tertiary alicyclic amines) is 1. The van der Waals surface area contributed by atoms with Crippen molar-refractivity contribution < 1.29 is 19.1 Å². The molecule has 4 rings (SSSR count). The predicted molar refractivity (Wildman–Crippen MR) is 112 cm³/mol. The van der Waals surface area contributed by atoms with Crippen LogP contribution in [0.5, 0.6) is 0 Å². The molecule has 0 N–H and O–H groups in total. The number of alkyl halides is 2. The minimum atomic E-state index is -0.440. The van der Waals surface area contributed by atoms with Crippen LogP contribution in [0.3, 0.4) is 0 Å². The van der Waals surface area contributed by atoms with E-state index in [9.17, 15) is 14.4 Å². The molecule has 0 aromatic rings. The van der Waals surface area contributed by atoms with E-state index in [0.29, 0.717) is 17.8 Å². The molecule has 0 radical (unpaired) electrons. The summed E-state index contributed by atoms with van der Waals surface area (Å²) in [5.74, 6) is 0.312. The van der Waals surface area contributed by atoms with E-state index in [1.54, 1.807) is 0 Å². The molecule has 2 amide bonds. The molecule has 2 bridgehead atoms. The number of rotatable bonds is 4. The molecule has 0 spiro atoms. The van der Waals surface area contributed by atoms with Gasteiger partial charge in [-0.1, -0.05) is 59.1 Å². The van der Waals surface area contributed by atoms with E-state index in [1.165, 1.54) is 4.90 Å². The van der Waals surface area contributed by atoms with Gasteiger partial charge in [0, 0.05) is 9.65 Å². The molecule has 28 heavy (non-hydrogen) atoms. The van der Waals surface area contributed by atoms with Crippen molar-refractivity contribution in [3.05, 3.63) is 0 Å². The lowest BCUT2D eigenvalue weighted by Crippen LogP contribution is -2.41. The quantitative estimate of drug-likeness (QED) is 0.323. The van der Waals surface area contributed by atoms with Crippen LogP contribution in [-0.2, 0) is 19.1 Å². The topological polar surface area (TPSA) is 63.7 Å². The highest BCUT2D eigenvalue weighted by Gasteiger charge is 2.66. The van der Waals surface area contributed by atoms with Crippen molar-refractivity contribution in [3.8, 4) is 0 Å². The molecule has 3 saturated carbocycles. The predicted octanol–water partition coefficient (Wildman–Crippen LogP) is 3.77. The summed E-state index contributed by atoms with van der Waals surface area (Å²) in [7, 11) is 0. The Morgan fingerprint density at radius 3 is 2.18 bits per heavy atom. The van der Waals surface area contributed by atoms with Crippen LogP contribution >= 0.6 is 31.9 Å². The van der Waals surface area contributed by atoms with Gasteiger partial charge < -0.3 is 4.74 Å². The van der Waals surface area contributed by atoms with Gasteiger partial charge in [-0.2, -0.15) is 0 Å². The van der Waals surface area contributed by atoms with E-state index in [-0.39, 0.29) is 57.8 Å².